The second-order valence-corrected chi connectivity index (χ2v) is 7.33. The van der Waals surface area contributed by atoms with Crippen molar-refractivity contribution in [1.29, 1.82) is 0 Å². The number of amides is 1. The Bertz CT molecular complexity index is 1150. The van der Waals surface area contributed by atoms with Crippen LogP contribution in [0.4, 0.5) is 10.1 Å². The van der Waals surface area contributed by atoms with Gasteiger partial charge in [0.25, 0.3) is 0 Å². The molecular formula is C20H15ClFN3O2S. The van der Waals surface area contributed by atoms with Crippen molar-refractivity contribution in [2.24, 2.45) is 0 Å². The number of benzene rings is 2. The Morgan fingerprint density at radius 3 is 2.79 bits per heavy atom. The number of carbonyl (C=O) groups is 1. The number of thiazole rings is 1. The van der Waals surface area contributed by atoms with Gasteiger partial charge in [-0.05, 0) is 42.5 Å². The molecule has 28 heavy (non-hydrogen) atoms. The number of aromatic nitrogens is 2. The van der Waals surface area contributed by atoms with E-state index in [-0.39, 0.29) is 17.4 Å². The molecule has 0 aliphatic rings. The van der Waals surface area contributed by atoms with E-state index < -0.39 is 5.82 Å². The Labute approximate surface area is 169 Å². The van der Waals surface area contributed by atoms with Crippen molar-refractivity contribution in [3.05, 3.63) is 70.6 Å². The Balaban J connectivity index is 1.53. The van der Waals surface area contributed by atoms with Crippen molar-refractivity contribution in [3.8, 4) is 17.0 Å². The van der Waals surface area contributed by atoms with Gasteiger partial charge < -0.3 is 10.1 Å². The highest BCUT2D eigenvalue weighted by molar-refractivity contribution is 7.15. The average Bonchev–Trinajstić information content (AvgIpc) is 3.27. The number of rotatable bonds is 5. The van der Waals surface area contributed by atoms with Crippen LogP contribution in [0.25, 0.3) is 16.2 Å². The van der Waals surface area contributed by atoms with E-state index in [9.17, 15) is 9.18 Å². The fraction of sp³-hybridized carbons (Fsp3) is 0.100. The SMILES string of the molecule is COc1ccc(-c2cn3c(CC(=O)Nc4ccc(F)c(Cl)c4)csc3n2)cc1. The maximum Gasteiger partial charge on any atom is 0.230 e. The molecule has 8 heteroatoms. The maximum atomic E-state index is 13.2. The van der Waals surface area contributed by atoms with Crippen LogP contribution in [0, 0.1) is 5.82 Å². The van der Waals surface area contributed by atoms with Crippen LogP contribution in [0.3, 0.4) is 0 Å². The second kappa shape index (κ2) is 7.61. The number of methoxy groups -OCH3 is 1. The molecule has 0 saturated heterocycles. The van der Waals surface area contributed by atoms with Crippen LogP contribution in [0.2, 0.25) is 5.02 Å². The molecule has 0 aliphatic carbocycles. The van der Waals surface area contributed by atoms with Gasteiger partial charge >= 0.3 is 0 Å². The van der Waals surface area contributed by atoms with Crippen molar-refractivity contribution >= 4 is 39.5 Å². The molecule has 1 N–H and O–H groups in total. The fourth-order valence-corrected chi connectivity index (χ4v) is 3.85. The summed E-state index contributed by atoms with van der Waals surface area (Å²) in [5, 5.41) is 4.60. The van der Waals surface area contributed by atoms with Crippen molar-refractivity contribution in [1.82, 2.24) is 9.38 Å². The molecule has 0 radical (unpaired) electrons. The number of anilines is 1. The quantitative estimate of drug-likeness (QED) is 0.496. The highest BCUT2D eigenvalue weighted by Crippen LogP contribution is 2.26. The van der Waals surface area contributed by atoms with Gasteiger partial charge in [-0.3, -0.25) is 9.20 Å². The third-order valence-electron chi connectivity index (χ3n) is 4.21. The smallest absolute Gasteiger partial charge is 0.230 e. The van der Waals surface area contributed by atoms with Crippen molar-refractivity contribution in [2.75, 3.05) is 12.4 Å². The van der Waals surface area contributed by atoms with Gasteiger partial charge in [0.2, 0.25) is 5.91 Å². The number of hydrogen-bond donors (Lipinski definition) is 1. The summed E-state index contributed by atoms with van der Waals surface area (Å²) >= 11 is 7.22. The van der Waals surface area contributed by atoms with E-state index in [2.05, 4.69) is 10.3 Å². The molecule has 2 aromatic heterocycles. The first kappa shape index (κ1) is 18.5. The molecule has 0 atom stereocenters. The summed E-state index contributed by atoms with van der Waals surface area (Å²) in [6, 6.07) is 11.7. The summed E-state index contributed by atoms with van der Waals surface area (Å²) < 4.78 is 20.3. The number of halogens is 2. The van der Waals surface area contributed by atoms with E-state index in [4.69, 9.17) is 16.3 Å². The Kier molecular flexibility index (Phi) is 5.02. The molecular weight excluding hydrogens is 401 g/mol. The van der Waals surface area contributed by atoms with Crippen molar-refractivity contribution in [3.63, 3.8) is 0 Å². The summed E-state index contributed by atoms with van der Waals surface area (Å²) in [6.45, 7) is 0. The van der Waals surface area contributed by atoms with Gasteiger partial charge in [0.05, 0.1) is 24.2 Å². The fourth-order valence-electron chi connectivity index (χ4n) is 2.80. The van der Waals surface area contributed by atoms with Crippen LogP contribution in [-0.2, 0) is 11.2 Å². The zero-order chi connectivity index (χ0) is 19.7. The minimum atomic E-state index is -0.524. The monoisotopic (exact) mass is 415 g/mol. The third kappa shape index (κ3) is 3.72. The lowest BCUT2D eigenvalue weighted by molar-refractivity contribution is -0.115. The number of nitrogens with one attached hydrogen (secondary N) is 1. The van der Waals surface area contributed by atoms with Crippen LogP contribution < -0.4 is 10.1 Å². The predicted octanol–water partition coefficient (Wildman–Crippen LogP) is 5.05. The van der Waals surface area contributed by atoms with Crippen molar-refractivity contribution < 1.29 is 13.9 Å². The number of hydrogen-bond acceptors (Lipinski definition) is 4. The lowest BCUT2D eigenvalue weighted by atomic mass is 10.2. The molecule has 5 nitrogen and oxygen atoms in total. The number of ether oxygens (including phenoxy) is 1. The molecule has 0 aliphatic heterocycles. The molecule has 0 spiro atoms. The summed E-state index contributed by atoms with van der Waals surface area (Å²) in [5.74, 6) is 0.0359. The molecule has 0 unspecified atom stereocenters. The first-order valence-corrected chi connectivity index (χ1v) is 9.64. The highest BCUT2D eigenvalue weighted by Gasteiger charge is 2.13. The standard InChI is InChI=1S/C20H15ClFN3O2S/c1-27-15-5-2-12(3-6-15)18-10-25-14(11-28-20(25)24-18)9-19(26)23-13-4-7-17(22)16(21)8-13/h2-8,10-11H,9H2,1H3,(H,23,26). The summed E-state index contributed by atoms with van der Waals surface area (Å²) in [5.41, 5.74) is 3.06. The first-order valence-electron chi connectivity index (χ1n) is 8.38. The molecule has 2 heterocycles. The predicted molar refractivity (Wildman–Crippen MR) is 109 cm³/mol. The van der Waals surface area contributed by atoms with E-state index in [0.717, 1.165) is 27.7 Å². The zero-order valence-electron chi connectivity index (χ0n) is 14.8. The van der Waals surface area contributed by atoms with Gasteiger partial charge in [0.1, 0.15) is 11.6 Å². The van der Waals surface area contributed by atoms with E-state index in [1.165, 1.54) is 29.5 Å². The molecule has 1 amide bonds. The molecule has 0 fully saturated rings. The van der Waals surface area contributed by atoms with Crippen LogP contribution >= 0.6 is 22.9 Å². The Hall–Kier alpha value is -2.90. The van der Waals surface area contributed by atoms with E-state index in [1.807, 2.05) is 40.2 Å². The number of imidazole rings is 1. The van der Waals surface area contributed by atoms with E-state index in [0.29, 0.717) is 5.69 Å². The normalized spacial score (nSPS) is 11.0. The molecule has 2 aromatic carbocycles. The number of carbonyl (C=O) groups excluding carboxylic acids is 1. The van der Waals surface area contributed by atoms with E-state index >= 15 is 0 Å². The van der Waals surface area contributed by atoms with Gasteiger partial charge in [-0.1, -0.05) is 11.6 Å². The van der Waals surface area contributed by atoms with Crippen LogP contribution in [-0.4, -0.2) is 22.4 Å². The molecule has 4 aromatic rings. The average molecular weight is 416 g/mol. The Morgan fingerprint density at radius 2 is 2.07 bits per heavy atom. The molecule has 0 saturated carbocycles. The van der Waals surface area contributed by atoms with Crippen LogP contribution in [0.15, 0.2) is 54.0 Å². The maximum absolute atomic E-state index is 13.2. The lowest BCUT2D eigenvalue weighted by Gasteiger charge is -2.05. The third-order valence-corrected chi connectivity index (χ3v) is 5.39. The van der Waals surface area contributed by atoms with Gasteiger partial charge in [-0.15, -0.1) is 11.3 Å². The molecule has 4 rings (SSSR count). The van der Waals surface area contributed by atoms with Crippen molar-refractivity contribution in [2.45, 2.75) is 6.42 Å². The minimum absolute atomic E-state index is 0.0329. The summed E-state index contributed by atoms with van der Waals surface area (Å²) in [7, 11) is 1.62. The topological polar surface area (TPSA) is 55.6 Å². The van der Waals surface area contributed by atoms with Gasteiger partial charge in [-0.2, -0.15) is 0 Å². The van der Waals surface area contributed by atoms with Gasteiger partial charge in [0.15, 0.2) is 4.96 Å². The number of nitrogens with zero attached hydrogens (tertiary/aromatic N) is 2. The second-order valence-electron chi connectivity index (χ2n) is 6.09. The Morgan fingerprint density at radius 1 is 1.29 bits per heavy atom. The molecule has 142 valence electrons. The van der Waals surface area contributed by atoms with E-state index in [1.54, 1.807) is 7.11 Å². The van der Waals surface area contributed by atoms with Crippen LogP contribution in [0.1, 0.15) is 5.69 Å². The zero-order valence-corrected chi connectivity index (χ0v) is 16.4. The lowest BCUT2D eigenvalue weighted by Crippen LogP contribution is -2.15. The summed E-state index contributed by atoms with van der Waals surface area (Å²) in [4.78, 5) is 17.8. The first-order chi connectivity index (χ1) is 13.5. The largest absolute Gasteiger partial charge is 0.497 e. The highest BCUT2D eigenvalue weighted by atomic mass is 35.5. The molecule has 0 bridgehead atoms. The summed E-state index contributed by atoms with van der Waals surface area (Å²) in [6.07, 6.45) is 2.07. The minimum Gasteiger partial charge on any atom is -0.497 e. The number of fused-ring (bicyclic) bond motifs is 1. The van der Waals surface area contributed by atoms with Gasteiger partial charge in [0, 0.05) is 28.5 Å². The van der Waals surface area contributed by atoms with Gasteiger partial charge in [-0.25, -0.2) is 9.37 Å². The van der Waals surface area contributed by atoms with Crippen LogP contribution in [0.5, 0.6) is 5.75 Å².